The molecule has 0 aromatic heterocycles. The van der Waals surface area contributed by atoms with Gasteiger partial charge in [0, 0.05) is 12.1 Å². The standard InChI is InChI=1S/C6H3BF5O.K/c8-3-1-4(9)6(5(13)2-3)7(10,11)12;/h1-2,13H;/q-1;+1. The average Bonchev–Trinajstić information content (AvgIpc) is 1.78. The maximum atomic E-state index is 12.5. The van der Waals surface area contributed by atoms with Crippen molar-refractivity contribution in [2.45, 2.75) is 0 Å². The number of rotatable bonds is 1. The third kappa shape index (κ3) is 3.20. The van der Waals surface area contributed by atoms with Gasteiger partial charge in [0.15, 0.2) is 0 Å². The number of benzene rings is 1. The fourth-order valence-corrected chi connectivity index (χ4v) is 0.895. The Labute approximate surface area is 119 Å². The van der Waals surface area contributed by atoms with Crippen molar-refractivity contribution >= 4 is 12.4 Å². The fraction of sp³-hybridized carbons (Fsp3) is 0. The Morgan fingerprint density at radius 1 is 1.07 bits per heavy atom. The molecule has 0 bridgehead atoms. The summed E-state index contributed by atoms with van der Waals surface area (Å²) in [7, 11) is 0. The van der Waals surface area contributed by atoms with Crippen LogP contribution < -0.4 is 56.8 Å². The molecule has 0 aliphatic heterocycles. The number of phenols is 1. The molecule has 1 aromatic rings. The summed E-state index contributed by atoms with van der Waals surface area (Å²) >= 11 is 0. The van der Waals surface area contributed by atoms with E-state index in [0.717, 1.165) is 0 Å². The molecule has 14 heavy (non-hydrogen) atoms. The summed E-state index contributed by atoms with van der Waals surface area (Å²) < 4.78 is 60.7. The van der Waals surface area contributed by atoms with E-state index in [9.17, 15) is 21.7 Å². The van der Waals surface area contributed by atoms with E-state index in [0.29, 0.717) is 0 Å². The number of phenolic OH excluding ortho intramolecular Hbond substituents is 1. The van der Waals surface area contributed by atoms with Gasteiger partial charge in [-0.1, -0.05) is 0 Å². The molecule has 1 aromatic carbocycles. The van der Waals surface area contributed by atoms with Gasteiger partial charge in [0.1, 0.15) is 11.6 Å². The first-order chi connectivity index (χ1) is 5.82. The van der Waals surface area contributed by atoms with Crippen molar-refractivity contribution in [3.05, 3.63) is 23.8 Å². The summed E-state index contributed by atoms with van der Waals surface area (Å²) in [6, 6.07) is 0.290. The van der Waals surface area contributed by atoms with Crippen molar-refractivity contribution < 1.29 is 78.2 Å². The molecule has 1 nitrogen and oxygen atoms in total. The number of halogens is 5. The molecule has 0 heterocycles. The molecular formula is C6H3BF5KO. The quantitative estimate of drug-likeness (QED) is 0.476. The minimum atomic E-state index is -5.66. The molecule has 72 valence electrons. The zero-order valence-electron chi connectivity index (χ0n) is 7.07. The number of hydrogen-bond donors (Lipinski definition) is 1. The van der Waals surface area contributed by atoms with Crippen molar-refractivity contribution in [1.82, 2.24) is 0 Å². The van der Waals surface area contributed by atoms with Crippen LogP contribution in [0.5, 0.6) is 5.75 Å². The summed E-state index contributed by atoms with van der Waals surface area (Å²) in [4.78, 5) is 0. The molecular weight excluding hydrogens is 233 g/mol. The predicted octanol–water partition coefficient (Wildman–Crippen LogP) is -1.27. The normalized spacial score (nSPS) is 10.9. The molecule has 0 saturated carbocycles. The summed E-state index contributed by atoms with van der Waals surface area (Å²) in [6.07, 6.45) is 0. The molecule has 0 radical (unpaired) electrons. The third-order valence-corrected chi connectivity index (χ3v) is 1.40. The van der Waals surface area contributed by atoms with Gasteiger partial charge in [0.25, 0.3) is 0 Å². The van der Waals surface area contributed by atoms with Crippen molar-refractivity contribution in [2.24, 2.45) is 0 Å². The van der Waals surface area contributed by atoms with Crippen LogP contribution in [0.4, 0.5) is 21.7 Å². The molecule has 0 atom stereocenters. The van der Waals surface area contributed by atoms with Crippen LogP contribution in [0.2, 0.25) is 0 Å². The van der Waals surface area contributed by atoms with Crippen molar-refractivity contribution in [3.63, 3.8) is 0 Å². The molecule has 0 amide bonds. The van der Waals surface area contributed by atoms with Crippen molar-refractivity contribution in [1.29, 1.82) is 0 Å². The van der Waals surface area contributed by atoms with Gasteiger partial charge in [-0.25, -0.2) is 8.78 Å². The predicted molar refractivity (Wildman–Crippen MR) is 36.7 cm³/mol. The van der Waals surface area contributed by atoms with Gasteiger partial charge in [-0.05, 0) is 5.46 Å². The van der Waals surface area contributed by atoms with Gasteiger partial charge in [-0.15, -0.1) is 0 Å². The third-order valence-electron chi connectivity index (χ3n) is 1.40. The van der Waals surface area contributed by atoms with Crippen LogP contribution in [0.15, 0.2) is 12.1 Å². The maximum Gasteiger partial charge on any atom is 1.00 e. The second kappa shape index (κ2) is 4.93. The fourth-order valence-electron chi connectivity index (χ4n) is 0.895. The van der Waals surface area contributed by atoms with E-state index in [1.165, 1.54) is 0 Å². The first-order valence-electron chi connectivity index (χ1n) is 3.20. The molecule has 0 aliphatic carbocycles. The van der Waals surface area contributed by atoms with Crippen LogP contribution >= 0.6 is 0 Å². The van der Waals surface area contributed by atoms with Gasteiger partial charge in [0.2, 0.25) is 0 Å². The summed E-state index contributed by atoms with van der Waals surface area (Å²) in [5.74, 6) is -4.48. The molecule has 0 unspecified atom stereocenters. The first kappa shape index (κ1) is 14.4. The van der Waals surface area contributed by atoms with E-state index in [-0.39, 0.29) is 63.5 Å². The van der Waals surface area contributed by atoms with Gasteiger partial charge < -0.3 is 18.1 Å². The van der Waals surface area contributed by atoms with E-state index in [4.69, 9.17) is 5.11 Å². The average molecular weight is 236 g/mol. The van der Waals surface area contributed by atoms with Crippen LogP contribution in [0.3, 0.4) is 0 Å². The van der Waals surface area contributed by atoms with E-state index in [1.54, 1.807) is 0 Å². The van der Waals surface area contributed by atoms with E-state index >= 15 is 0 Å². The Balaban J connectivity index is 0.00000169. The second-order valence-electron chi connectivity index (χ2n) is 2.40. The molecule has 1 N–H and O–H groups in total. The molecule has 0 fully saturated rings. The van der Waals surface area contributed by atoms with Crippen molar-refractivity contribution in [3.8, 4) is 5.75 Å². The zero-order chi connectivity index (χ0) is 10.2. The van der Waals surface area contributed by atoms with Gasteiger partial charge in [-0.2, -0.15) is 0 Å². The Bertz CT molecular complexity index is 316. The van der Waals surface area contributed by atoms with Crippen LogP contribution in [0.25, 0.3) is 0 Å². The monoisotopic (exact) mass is 236 g/mol. The zero-order valence-corrected chi connectivity index (χ0v) is 10.2. The van der Waals surface area contributed by atoms with Crippen LogP contribution in [-0.4, -0.2) is 12.1 Å². The summed E-state index contributed by atoms with van der Waals surface area (Å²) in [5.41, 5.74) is -1.79. The van der Waals surface area contributed by atoms with E-state index in [1.807, 2.05) is 0 Å². The largest absolute Gasteiger partial charge is 1.00 e. The molecule has 0 aliphatic rings. The van der Waals surface area contributed by atoms with Crippen LogP contribution in [0, 0.1) is 11.6 Å². The second-order valence-corrected chi connectivity index (χ2v) is 2.40. The number of hydrogen-bond acceptors (Lipinski definition) is 1. The first-order valence-corrected chi connectivity index (χ1v) is 3.20. The summed E-state index contributed by atoms with van der Waals surface area (Å²) in [6.45, 7) is -5.66. The Kier molecular flexibility index (Phi) is 5.06. The molecule has 1 rings (SSSR count). The van der Waals surface area contributed by atoms with E-state index < -0.39 is 29.8 Å². The van der Waals surface area contributed by atoms with Crippen LogP contribution in [0.1, 0.15) is 0 Å². The Hall–Kier alpha value is 0.371. The van der Waals surface area contributed by atoms with Gasteiger partial charge in [0.05, 0.1) is 5.75 Å². The Morgan fingerprint density at radius 2 is 1.57 bits per heavy atom. The van der Waals surface area contributed by atoms with Gasteiger partial charge >= 0.3 is 58.4 Å². The van der Waals surface area contributed by atoms with Crippen LogP contribution in [-0.2, 0) is 0 Å². The minimum absolute atomic E-state index is 0. The van der Waals surface area contributed by atoms with Gasteiger partial charge in [-0.3, -0.25) is 0 Å². The van der Waals surface area contributed by atoms with Crippen molar-refractivity contribution in [2.75, 3.05) is 0 Å². The molecule has 0 spiro atoms. The SMILES string of the molecule is Oc1cc(F)cc(F)c1[B-](F)(F)F.[K+]. The topological polar surface area (TPSA) is 20.2 Å². The minimum Gasteiger partial charge on any atom is -0.511 e. The Morgan fingerprint density at radius 3 is 1.93 bits per heavy atom. The number of aromatic hydroxyl groups is 1. The summed E-state index contributed by atoms with van der Waals surface area (Å²) in [5, 5.41) is 8.62. The maximum absolute atomic E-state index is 12.5. The molecule has 0 saturated heterocycles. The smallest absolute Gasteiger partial charge is 0.511 e. The molecule has 8 heteroatoms. The van der Waals surface area contributed by atoms with E-state index in [2.05, 4.69) is 0 Å².